The van der Waals surface area contributed by atoms with Gasteiger partial charge in [-0.3, -0.25) is 14.4 Å². The van der Waals surface area contributed by atoms with Crippen molar-refractivity contribution < 1.29 is 19.1 Å². The Morgan fingerprint density at radius 2 is 1.86 bits per heavy atom. The average molecular weight is 711 g/mol. The van der Waals surface area contributed by atoms with Crippen LogP contribution in [0.2, 0.25) is 5.02 Å². The van der Waals surface area contributed by atoms with E-state index in [9.17, 15) is 14.4 Å². The highest BCUT2D eigenvalue weighted by Gasteiger charge is 2.42. The van der Waals surface area contributed by atoms with Gasteiger partial charge in [0.2, 0.25) is 17.7 Å². The molecular formula is C30H38BrCl2N7O4. The average Bonchev–Trinajstić information content (AvgIpc) is 3.46. The van der Waals surface area contributed by atoms with E-state index in [-0.39, 0.29) is 30.1 Å². The Bertz CT molecular complexity index is 1540. The highest BCUT2D eigenvalue weighted by Crippen LogP contribution is 2.35. The Balaban J connectivity index is 0.00000529. The molecule has 2 heterocycles. The zero-order valence-corrected chi connectivity index (χ0v) is 28.6. The Kier molecular flexibility index (Phi) is 11.8. The van der Waals surface area contributed by atoms with Gasteiger partial charge in [0.25, 0.3) is 0 Å². The topological polar surface area (TPSA) is 138 Å². The first-order valence-electron chi connectivity index (χ1n) is 14.0. The van der Waals surface area contributed by atoms with E-state index in [0.717, 1.165) is 4.47 Å². The number of methoxy groups -OCH3 is 1. The molecule has 0 bridgehead atoms. The molecule has 1 saturated heterocycles. The first-order chi connectivity index (χ1) is 20.3. The maximum atomic E-state index is 13.8. The van der Waals surface area contributed by atoms with Crippen LogP contribution in [0.3, 0.4) is 0 Å². The maximum Gasteiger partial charge on any atom is 0.247 e. The van der Waals surface area contributed by atoms with Gasteiger partial charge in [-0.05, 0) is 56.5 Å². The largest absolute Gasteiger partial charge is 0.494 e. The molecular weight excluding hydrogens is 673 g/mol. The molecule has 1 aliphatic heterocycles. The molecule has 3 atom stereocenters. The van der Waals surface area contributed by atoms with Crippen LogP contribution < -0.4 is 26.0 Å². The van der Waals surface area contributed by atoms with Crippen molar-refractivity contribution in [2.45, 2.75) is 58.7 Å². The second-order valence-corrected chi connectivity index (χ2v) is 12.9. The number of carbonyl (C=O) groups excluding carboxylic acids is 3. The van der Waals surface area contributed by atoms with E-state index in [1.807, 2.05) is 32.9 Å². The summed E-state index contributed by atoms with van der Waals surface area (Å²) in [6, 6.07) is 6.90. The van der Waals surface area contributed by atoms with Crippen molar-refractivity contribution in [1.82, 2.24) is 25.5 Å². The van der Waals surface area contributed by atoms with Gasteiger partial charge in [-0.15, -0.1) is 12.4 Å². The lowest BCUT2D eigenvalue weighted by Crippen LogP contribution is -2.59. The van der Waals surface area contributed by atoms with Gasteiger partial charge in [0, 0.05) is 22.5 Å². The van der Waals surface area contributed by atoms with Crippen molar-refractivity contribution in [1.29, 1.82) is 0 Å². The Labute approximate surface area is 276 Å². The second-order valence-electron chi connectivity index (χ2n) is 11.5. The van der Waals surface area contributed by atoms with Crippen LogP contribution >= 0.6 is 39.9 Å². The minimum atomic E-state index is -0.810. The van der Waals surface area contributed by atoms with Crippen LogP contribution in [-0.4, -0.2) is 71.4 Å². The van der Waals surface area contributed by atoms with Crippen LogP contribution in [0.4, 0.5) is 17.2 Å². The number of likely N-dealkylation sites (N-methyl/N-ethyl adjacent to an activating group) is 1. The van der Waals surface area contributed by atoms with E-state index >= 15 is 0 Å². The lowest BCUT2D eigenvalue weighted by atomic mass is 9.85. The molecule has 1 fully saturated rings. The van der Waals surface area contributed by atoms with Gasteiger partial charge >= 0.3 is 0 Å². The second kappa shape index (κ2) is 14.7. The number of likely N-dealkylation sites (tertiary alicyclic amines) is 1. The van der Waals surface area contributed by atoms with E-state index in [0.29, 0.717) is 58.3 Å². The fraction of sp³-hybridized carbons (Fsp3) is 0.433. The highest BCUT2D eigenvalue weighted by molar-refractivity contribution is 9.10. The van der Waals surface area contributed by atoms with Crippen LogP contribution in [0.1, 0.15) is 40.5 Å². The van der Waals surface area contributed by atoms with E-state index < -0.39 is 23.5 Å². The standard InChI is InChI=1S/C30H37BrClN7O4.ClH/c1-16(33-5)27(40)38-25(30(2,3)4)29(42)39-11-7-8-23(39)28(41)37-22-13-18-21(14-24(22)43-6)34-15-35-26(18)36-20-10-9-17(31)12-19(20)32;/h9-10,12-16,23,25,33H,7-8,11H2,1-6H3,(H,37,41)(H,38,40)(H,34,35,36);1H. The van der Waals surface area contributed by atoms with Crippen LogP contribution in [0.5, 0.6) is 5.75 Å². The van der Waals surface area contributed by atoms with Crippen molar-refractivity contribution in [3.8, 4) is 5.75 Å². The Hall–Kier alpha value is -3.19. The quantitative estimate of drug-likeness (QED) is 0.235. The Morgan fingerprint density at radius 1 is 1.14 bits per heavy atom. The summed E-state index contributed by atoms with van der Waals surface area (Å²) in [5, 5.41) is 13.1. The molecule has 3 amide bonds. The molecule has 2 aromatic carbocycles. The third-order valence-electron chi connectivity index (χ3n) is 7.46. The molecule has 1 aliphatic rings. The third kappa shape index (κ3) is 7.90. The van der Waals surface area contributed by atoms with Gasteiger partial charge in [-0.2, -0.15) is 0 Å². The molecule has 0 aliphatic carbocycles. The monoisotopic (exact) mass is 709 g/mol. The van der Waals surface area contributed by atoms with Crippen LogP contribution in [-0.2, 0) is 14.4 Å². The number of halogens is 3. The van der Waals surface area contributed by atoms with Crippen LogP contribution in [0.15, 0.2) is 41.1 Å². The number of nitrogens with one attached hydrogen (secondary N) is 4. The van der Waals surface area contributed by atoms with Gasteiger partial charge in [-0.25, -0.2) is 9.97 Å². The van der Waals surface area contributed by atoms with Gasteiger partial charge in [-0.1, -0.05) is 48.3 Å². The van der Waals surface area contributed by atoms with Crippen molar-refractivity contribution in [2.75, 3.05) is 31.3 Å². The number of carbonyl (C=O) groups is 3. The summed E-state index contributed by atoms with van der Waals surface area (Å²) in [5.41, 5.74) is 1.07. The maximum absolute atomic E-state index is 13.8. The molecule has 44 heavy (non-hydrogen) atoms. The summed E-state index contributed by atoms with van der Waals surface area (Å²) in [7, 11) is 3.19. The number of hydrogen-bond donors (Lipinski definition) is 4. The summed E-state index contributed by atoms with van der Waals surface area (Å²) in [6.07, 6.45) is 2.58. The lowest BCUT2D eigenvalue weighted by molar-refractivity contribution is -0.143. The molecule has 4 N–H and O–H groups in total. The van der Waals surface area contributed by atoms with Gasteiger partial charge in [0.15, 0.2) is 0 Å². The van der Waals surface area contributed by atoms with Crippen molar-refractivity contribution >= 4 is 85.8 Å². The number of aromatic nitrogens is 2. The molecule has 0 spiro atoms. The first kappa shape index (κ1) is 35.3. The van der Waals surface area contributed by atoms with Crippen LogP contribution in [0.25, 0.3) is 10.9 Å². The fourth-order valence-corrected chi connectivity index (χ4v) is 5.62. The van der Waals surface area contributed by atoms with Crippen LogP contribution in [0, 0.1) is 5.41 Å². The number of fused-ring (bicyclic) bond motifs is 1. The molecule has 238 valence electrons. The first-order valence-corrected chi connectivity index (χ1v) is 15.1. The fourth-order valence-electron chi connectivity index (χ4n) is 4.90. The normalized spacial score (nSPS) is 16.1. The van der Waals surface area contributed by atoms with Crippen molar-refractivity contribution in [2.24, 2.45) is 5.41 Å². The van der Waals surface area contributed by atoms with Crippen molar-refractivity contribution in [3.05, 3.63) is 46.2 Å². The summed E-state index contributed by atoms with van der Waals surface area (Å²) in [6.45, 7) is 7.80. The minimum absolute atomic E-state index is 0. The molecule has 3 aromatic rings. The van der Waals surface area contributed by atoms with E-state index in [1.54, 1.807) is 37.1 Å². The number of rotatable bonds is 9. The molecule has 0 saturated carbocycles. The summed E-state index contributed by atoms with van der Waals surface area (Å²) >= 11 is 9.83. The molecule has 11 nitrogen and oxygen atoms in total. The van der Waals surface area contributed by atoms with Crippen molar-refractivity contribution in [3.63, 3.8) is 0 Å². The number of amides is 3. The number of anilines is 3. The molecule has 1 aromatic heterocycles. The predicted molar refractivity (Wildman–Crippen MR) is 179 cm³/mol. The number of ether oxygens (including phenoxy) is 1. The predicted octanol–water partition coefficient (Wildman–Crippen LogP) is 5.29. The number of nitrogens with zero attached hydrogens (tertiary/aromatic N) is 3. The van der Waals surface area contributed by atoms with E-state index in [1.165, 1.54) is 13.4 Å². The molecule has 4 rings (SSSR count). The molecule has 0 radical (unpaired) electrons. The lowest BCUT2D eigenvalue weighted by Gasteiger charge is -2.36. The SMILES string of the molecule is CNC(C)C(=O)NC(C(=O)N1CCCC1C(=O)Nc1cc2c(Nc3ccc(Br)cc3Cl)ncnc2cc1OC)C(C)(C)C.Cl. The number of hydrogen-bond acceptors (Lipinski definition) is 8. The third-order valence-corrected chi connectivity index (χ3v) is 8.27. The summed E-state index contributed by atoms with van der Waals surface area (Å²) in [4.78, 5) is 50.6. The zero-order valence-electron chi connectivity index (χ0n) is 25.5. The van der Waals surface area contributed by atoms with Gasteiger partial charge in [0.05, 0.1) is 35.1 Å². The minimum Gasteiger partial charge on any atom is -0.494 e. The molecule has 14 heteroatoms. The van der Waals surface area contributed by atoms with Gasteiger partial charge < -0.3 is 30.9 Å². The highest BCUT2D eigenvalue weighted by atomic mass is 79.9. The molecule has 3 unspecified atom stereocenters. The summed E-state index contributed by atoms with van der Waals surface area (Å²) < 4.78 is 6.43. The zero-order chi connectivity index (χ0) is 31.5. The van der Waals surface area contributed by atoms with E-state index in [4.69, 9.17) is 16.3 Å². The summed E-state index contributed by atoms with van der Waals surface area (Å²) in [5.74, 6) is -0.0339. The number of benzene rings is 2. The smallest absolute Gasteiger partial charge is 0.247 e. The van der Waals surface area contributed by atoms with E-state index in [2.05, 4.69) is 47.2 Å². The van der Waals surface area contributed by atoms with Gasteiger partial charge in [0.1, 0.15) is 30.0 Å². The Morgan fingerprint density at radius 3 is 2.50 bits per heavy atom.